The number of hydrogen-bond acceptors (Lipinski definition) is 7. The van der Waals surface area contributed by atoms with E-state index in [-0.39, 0.29) is 5.91 Å². The van der Waals surface area contributed by atoms with Crippen molar-refractivity contribution in [3.8, 4) is 28.4 Å². The van der Waals surface area contributed by atoms with Crippen LogP contribution in [0.5, 0.6) is 5.75 Å². The van der Waals surface area contributed by atoms with Crippen LogP contribution >= 0.6 is 22.9 Å². The molecule has 164 valence electrons. The maximum atomic E-state index is 12.3. The average molecular weight is 469 g/mol. The lowest BCUT2D eigenvalue weighted by Gasteiger charge is -2.03. The summed E-state index contributed by atoms with van der Waals surface area (Å²) < 4.78 is 10.7. The van der Waals surface area contributed by atoms with Crippen LogP contribution in [-0.4, -0.2) is 27.6 Å². The standard InChI is InChI=1S/C23H21ClN4O3S/c1-2-30-18-12-8-15(9-13-18)19-14-32-23(25-19)26-20(29)4-3-5-21-27-22(28-31-21)16-6-10-17(24)11-7-16/h6-14H,2-5H2,1H3,(H,25,26,29). The van der Waals surface area contributed by atoms with Crippen LogP contribution < -0.4 is 10.1 Å². The molecule has 0 aliphatic carbocycles. The topological polar surface area (TPSA) is 90.1 Å². The Morgan fingerprint density at radius 3 is 2.59 bits per heavy atom. The molecule has 0 aliphatic heterocycles. The molecule has 0 saturated heterocycles. The molecule has 4 rings (SSSR count). The Balaban J connectivity index is 1.25. The van der Waals surface area contributed by atoms with Crippen molar-refractivity contribution in [1.82, 2.24) is 15.1 Å². The number of thiazole rings is 1. The Hall–Kier alpha value is -3.23. The highest BCUT2D eigenvalue weighted by molar-refractivity contribution is 7.14. The Bertz CT molecular complexity index is 1170. The third-order valence-corrected chi connectivity index (χ3v) is 5.59. The van der Waals surface area contributed by atoms with Gasteiger partial charge in [0.2, 0.25) is 17.6 Å². The Kier molecular flexibility index (Phi) is 7.14. The molecule has 0 saturated carbocycles. The number of benzene rings is 2. The van der Waals surface area contributed by atoms with Crippen LogP contribution in [0, 0.1) is 0 Å². The van der Waals surface area contributed by atoms with Gasteiger partial charge in [0.15, 0.2) is 5.13 Å². The number of carbonyl (C=O) groups excluding carboxylic acids is 1. The highest BCUT2D eigenvalue weighted by Gasteiger charge is 2.11. The first-order valence-electron chi connectivity index (χ1n) is 10.2. The summed E-state index contributed by atoms with van der Waals surface area (Å²) in [5, 5.41) is 9.97. The van der Waals surface area contributed by atoms with Crippen LogP contribution in [0.3, 0.4) is 0 Å². The van der Waals surface area contributed by atoms with Gasteiger partial charge >= 0.3 is 0 Å². The number of halogens is 1. The second kappa shape index (κ2) is 10.4. The number of carbonyl (C=O) groups is 1. The predicted octanol–water partition coefficient (Wildman–Crippen LogP) is 5.87. The molecule has 9 heteroatoms. The number of nitrogens with one attached hydrogen (secondary N) is 1. The molecule has 0 unspecified atom stereocenters. The van der Waals surface area contributed by atoms with Crippen LogP contribution in [0.15, 0.2) is 58.4 Å². The summed E-state index contributed by atoms with van der Waals surface area (Å²) in [6, 6.07) is 14.9. The van der Waals surface area contributed by atoms with Gasteiger partial charge in [0, 0.05) is 34.4 Å². The maximum absolute atomic E-state index is 12.3. The highest BCUT2D eigenvalue weighted by Crippen LogP contribution is 2.27. The number of hydrogen-bond donors (Lipinski definition) is 1. The van der Waals surface area contributed by atoms with E-state index in [1.807, 2.05) is 48.7 Å². The second-order valence-corrected chi connectivity index (χ2v) is 8.21. The molecule has 4 aromatic rings. The van der Waals surface area contributed by atoms with Gasteiger partial charge in [0.1, 0.15) is 5.75 Å². The fourth-order valence-electron chi connectivity index (χ4n) is 3.01. The zero-order valence-electron chi connectivity index (χ0n) is 17.4. The summed E-state index contributed by atoms with van der Waals surface area (Å²) in [5.41, 5.74) is 2.61. The van der Waals surface area contributed by atoms with Crippen LogP contribution in [0.2, 0.25) is 5.02 Å². The highest BCUT2D eigenvalue weighted by atomic mass is 35.5. The lowest BCUT2D eigenvalue weighted by Crippen LogP contribution is -2.11. The van der Waals surface area contributed by atoms with Gasteiger partial charge in [-0.3, -0.25) is 4.79 Å². The fraction of sp³-hybridized carbons (Fsp3) is 0.217. The molecule has 2 aromatic carbocycles. The second-order valence-electron chi connectivity index (χ2n) is 6.92. The number of rotatable bonds is 9. The van der Waals surface area contributed by atoms with E-state index in [4.69, 9.17) is 20.9 Å². The first-order chi connectivity index (χ1) is 15.6. The van der Waals surface area contributed by atoms with Crippen molar-refractivity contribution in [3.63, 3.8) is 0 Å². The minimum atomic E-state index is -0.102. The summed E-state index contributed by atoms with van der Waals surface area (Å²) in [6.07, 6.45) is 1.44. The minimum absolute atomic E-state index is 0.102. The maximum Gasteiger partial charge on any atom is 0.226 e. The summed E-state index contributed by atoms with van der Waals surface area (Å²) in [6.45, 7) is 2.58. The molecule has 2 heterocycles. The van der Waals surface area contributed by atoms with Gasteiger partial charge in [-0.15, -0.1) is 11.3 Å². The van der Waals surface area contributed by atoms with Gasteiger partial charge in [-0.25, -0.2) is 4.98 Å². The number of ether oxygens (including phenoxy) is 1. The van der Waals surface area contributed by atoms with E-state index in [1.54, 1.807) is 12.1 Å². The number of aromatic nitrogens is 3. The molecule has 1 N–H and O–H groups in total. The van der Waals surface area contributed by atoms with Crippen LogP contribution in [0.1, 0.15) is 25.7 Å². The van der Waals surface area contributed by atoms with Crippen LogP contribution in [-0.2, 0) is 11.2 Å². The fourth-order valence-corrected chi connectivity index (χ4v) is 3.87. The number of amides is 1. The lowest BCUT2D eigenvalue weighted by atomic mass is 10.2. The van der Waals surface area contributed by atoms with Gasteiger partial charge in [0.05, 0.1) is 12.3 Å². The van der Waals surface area contributed by atoms with Crippen molar-refractivity contribution in [2.24, 2.45) is 0 Å². The van der Waals surface area contributed by atoms with Gasteiger partial charge < -0.3 is 14.6 Å². The Labute approximate surface area is 194 Å². The molecular formula is C23H21ClN4O3S. The van der Waals surface area contributed by atoms with E-state index in [0.717, 1.165) is 22.6 Å². The average Bonchev–Trinajstić information content (AvgIpc) is 3.45. The molecule has 32 heavy (non-hydrogen) atoms. The number of nitrogens with zero attached hydrogens (tertiary/aromatic N) is 3. The van der Waals surface area contributed by atoms with Gasteiger partial charge in [-0.05, 0) is 61.9 Å². The Morgan fingerprint density at radius 1 is 1.09 bits per heavy atom. The third kappa shape index (κ3) is 5.72. The molecule has 0 fully saturated rings. The zero-order chi connectivity index (χ0) is 22.3. The van der Waals surface area contributed by atoms with E-state index >= 15 is 0 Å². The summed E-state index contributed by atoms with van der Waals surface area (Å²) in [4.78, 5) is 21.2. The van der Waals surface area contributed by atoms with Crippen molar-refractivity contribution in [1.29, 1.82) is 0 Å². The van der Waals surface area contributed by atoms with Crippen LogP contribution in [0.25, 0.3) is 22.6 Å². The zero-order valence-corrected chi connectivity index (χ0v) is 18.9. The monoisotopic (exact) mass is 468 g/mol. The SMILES string of the molecule is CCOc1ccc(-c2csc(NC(=O)CCCc3nc(-c4ccc(Cl)cc4)no3)n2)cc1. The van der Waals surface area contributed by atoms with E-state index < -0.39 is 0 Å². The molecule has 1 amide bonds. The normalized spacial score (nSPS) is 10.8. The predicted molar refractivity (Wildman–Crippen MR) is 125 cm³/mol. The lowest BCUT2D eigenvalue weighted by molar-refractivity contribution is -0.116. The number of aryl methyl sites for hydroxylation is 1. The van der Waals surface area contributed by atoms with Crippen molar-refractivity contribution in [3.05, 3.63) is 64.8 Å². The van der Waals surface area contributed by atoms with Crippen LogP contribution in [0.4, 0.5) is 5.13 Å². The molecule has 7 nitrogen and oxygen atoms in total. The molecule has 0 aliphatic rings. The number of anilines is 1. The van der Waals surface area contributed by atoms with Gasteiger partial charge in [-0.1, -0.05) is 16.8 Å². The van der Waals surface area contributed by atoms with E-state index in [1.165, 1.54) is 11.3 Å². The van der Waals surface area contributed by atoms with Crippen molar-refractivity contribution >= 4 is 34.0 Å². The molecule has 0 bridgehead atoms. The van der Waals surface area contributed by atoms with Crippen molar-refractivity contribution in [2.45, 2.75) is 26.2 Å². The van der Waals surface area contributed by atoms with E-state index in [9.17, 15) is 4.79 Å². The summed E-state index contributed by atoms with van der Waals surface area (Å²) in [5.74, 6) is 1.72. The largest absolute Gasteiger partial charge is 0.494 e. The third-order valence-electron chi connectivity index (χ3n) is 4.58. The molecule has 0 spiro atoms. The molecular weight excluding hydrogens is 448 g/mol. The van der Waals surface area contributed by atoms with Gasteiger partial charge in [0.25, 0.3) is 0 Å². The smallest absolute Gasteiger partial charge is 0.226 e. The molecule has 0 radical (unpaired) electrons. The first kappa shape index (κ1) is 22.0. The van der Waals surface area contributed by atoms with Crippen molar-refractivity contribution < 1.29 is 14.1 Å². The summed E-state index contributed by atoms with van der Waals surface area (Å²) >= 11 is 7.29. The van der Waals surface area contributed by atoms with Crippen molar-refractivity contribution in [2.75, 3.05) is 11.9 Å². The quantitative estimate of drug-likeness (QED) is 0.330. The molecule has 0 atom stereocenters. The van der Waals surface area contributed by atoms with E-state index in [2.05, 4.69) is 20.4 Å². The molecule has 2 aromatic heterocycles. The minimum Gasteiger partial charge on any atom is -0.494 e. The Morgan fingerprint density at radius 2 is 1.84 bits per heavy atom. The van der Waals surface area contributed by atoms with E-state index in [0.29, 0.717) is 47.7 Å². The first-order valence-corrected chi connectivity index (χ1v) is 11.4. The summed E-state index contributed by atoms with van der Waals surface area (Å²) in [7, 11) is 0. The van der Waals surface area contributed by atoms with Gasteiger partial charge in [-0.2, -0.15) is 4.98 Å².